The Bertz CT molecular complexity index is 821. The van der Waals surface area contributed by atoms with Crippen LogP contribution in [-0.4, -0.2) is 24.9 Å². The van der Waals surface area contributed by atoms with Gasteiger partial charge < -0.3 is 14.8 Å². The Kier molecular flexibility index (Phi) is 5.07. The van der Waals surface area contributed by atoms with Crippen molar-refractivity contribution in [3.63, 3.8) is 0 Å². The SMILES string of the molecule is CC(NC(=O)CSc1ccc2c(c1)CCC2)c1ccc2c(c1)OCCO2. The normalized spacial score (nSPS) is 16.0. The summed E-state index contributed by atoms with van der Waals surface area (Å²) >= 11 is 1.60. The molecule has 1 aliphatic heterocycles. The lowest BCUT2D eigenvalue weighted by atomic mass is 10.1. The summed E-state index contributed by atoms with van der Waals surface area (Å²) in [5.41, 5.74) is 3.93. The highest BCUT2D eigenvalue weighted by atomic mass is 32.2. The highest BCUT2D eigenvalue weighted by Crippen LogP contribution is 2.32. The molecule has 4 rings (SSSR count). The fourth-order valence-corrected chi connectivity index (χ4v) is 4.25. The average molecular weight is 369 g/mol. The first-order chi connectivity index (χ1) is 12.7. The Morgan fingerprint density at radius 3 is 2.77 bits per heavy atom. The highest BCUT2D eigenvalue weighted by molar-refractivity contribution is 8.00. The summed E-state index contributed by atoms with van der Waals surface area (Å²) in [7, 11) is 0. The van der Waals surface area contributed by atoms with E-state index >= 15 is 0 Å². The molecular weight excluding hydrogens is 346 g/mol. The Morgan fingerprint density at radius 2 is 1.88 bits per heavy atom. The number of ether oxygens (including phenoxy) is 2. The predicted octanol–water partition coefficient (Wildman–Crippen LogP) is 3.92. The quantitative estimate of drug-likeness (QED) is 0.812. The maximum absolute atomic E-state index is 12.3. The van der Waals surface area contributed by atoms with Gasteiger partial charge in [0.1, 0.15) is 13.2 Å². The van der Waals surface area contributed by atoms with Crippen molar-refractivity contribution < 1.29 is 14.3 Å². The molecule has 4 nitrogen and oxygen atoms in total. The van der Waals surface area contributed by atoms with E-state index in [1.54, 1.807) is 11.8 Å². The number of hydrogen-bond donors (Lipinski definition) is 1. The molecule has 1 aliphatic carbocycles. The van der Waals surface area contributed by atoms with Crippen LogP contribution in [-0.2, 0) is 17.6 Å². The highest BCUT2D eigenvalue weighted by Gasteiger charge is 2.16. The number of fused-ring (bicyclic) bond motifs is 2. The maximum atomic E-state index is 12.3. The van der Waals surface area contributed by atoms with Crippen LogP contribution in [0.25, 0.3) is 0 Å². The number of thioether (sulfide) groups is 1. The Hall–Kier alpha value is -2.14. The number of carbonyl (C=O) groups excluding carboxylic acids is 1. The first kappa shape index (κ1) is 17.3. The molecule has 0 saturated carbocycles. The Balaban J connectivity index is 1.33. The summed E-state index contributed by atoms with van der Waals surface area (Å²) in [4.78, 5) is 13.5. The van der Waals surface area contributed by atoms with Crippen LogP contribution in [0, 0.1) is 0 Å². The standard InChI is InChI=1S/C21H23NO3S/c1-14(16-6-8-19-20(12-16)25-10-9-24-19)22-21(23)13-26-18-7-5-15-3-2-4-17(15)11-18/h5-8,11-12,14H,2-4,9-10,13H2,1H3,(H,22,23). The summed E-state index contributed by atoms with van der Waals surface area (Å²) < 4.78 is 11.2. The van der Waals surface area contributed by atoms with Crippen LogP contribution >= 0.6 is 11.8 Å². The van der Waals surface area contributed by atoms with Crippen LogP contribution in [0.1, 0.15) is 36.1 Å². The number of nitrogens with one attached hydrogen (secondary N) is 1. The molecule has 0 fully saturated rings. The minimum absolute atomic E-state index is 0.0397. The lowest BCUT2D eigenvalue weighted by Gasteiger charge is -2.21. The summed E-state index contributed by atoms with van der Waals surface area (Å²) in [5, 5.41) is 3.07. The van der Waals surface area contributed by atoms with Crippen LogP contribution in [0.4, 0.5) is 0 Å². The molecule has 1 amide bonds. The minimum atomic E-state index is -0.0704. The van der Waals surface area contributed by atoms with Crippen molar-refractivity contribution in [3.05, 3.63) is 53.1 Å². The fraction of sp³-hybridized carbons (Fsp3) is 0.381. The first-order valence-electron chi connectivity index (χ1n) is 9.12. The number of benzene rings is 2. The van der Waals surface area contributed by atoms with Gasteiger partial charge in [0.25, 0.3) is 0 Å². The molecule has 2 aliphatic rings. The van der Waals surface area contributed by atoms with Crippen molar-refractivity contribution in [3.8, 4) is 11.5 Å². The third kappa shape index (κ3) is 3.83. The van der Waals surface area contributed by atoms with E-state index in [0.29, 0.717) is 19.0 Å². The van der Waals surface area contributed by atoms with Crippen LogP contribution in [0.5, 0.6) is 11.5 Å². The van der Waals surface area contributed by atoms with Crippen LogP contribution in [0.2, 0.25) is 0 Å². The van der Waals surface area contributed by atoms with Crippen molar-refractivity contribution >= 4 is 17.7 Å². The number of hydrogen-bond acceptors (Lipinski definition) is 4. The average Bonchev–Trinajstić information content (AvgIpc) is 3.13. The number of carbonyl (C=O) groups is 1. The zero-order chi connectivity index (χ0) is 17.9. The maximum Gasteiger partial charge on any atom is 0.230 e. The zero-order valence-corrected chi connectivity index (χ0v) is 15.7. The summed E-state index contributed by atoms with van der Waals surface area (Å²) in [6.07, 6.45) is 3.60. The molecule has 26 heavy (non-hydrogen) atoms. The monoisotopic (exact) mass is 369 g/mol. The van der Waals surface area contributed by atoms with Crippen LogP contribution in [0.3, 0.4) is 0 Å². The van der Waals surface area contributed by atoms with Gasteiger partial charge in [-0.3, -0.25) is 4.79 Å². The summed E-state index contributed by atoms with van der Waals surface area (Å²) in [6.45, 7) is 3.14. The number of rotatable bonds is 5. The molecular formula is C21H23NO3S. The van der Waals surface area contributed by atoms with Gasteiger partial charge in [0.2, 0.25) is 5.91 Å². The van der Waals surface area contributed by atoms with Gasteiger partial charge in [0, 0.05) is 4.90 Å². The van der Waals surface area contributed by atoms with Gasteiger partial charge >= 0.3 is 0 Å². The molecule has 0 bridgehead atoms. The van der Waals surface area contributed by atoms with E-state index in [1.165, 1.54) is 28.9 Å². The van der Waals surface area contributed by atoms with Crippen LogP contribution in [0.15, 0.2) is 41.3 Å². The van der Waals surface area contributed by atoms with Gasteiger partial charge in [-0.05, 0) is 67.1 Å². The molecule has 1 heterocycles. The second-order valence-electron chi connectivity index (χ2n) is 6.77. The third-order valence-corrected chi connectivity index (χ3v) is 5.88. The van der Waals surface area contributed by atoms with E-state index in [2.05, 4.69) is 23.5 Å². The third-order valence-electron chi connectivity index (χ3n) is 4.88. The summed E-state index contributed by atoms with van der Waals surface area (Å²) in [5.74, 6) is 1.99. The van der Waals surface area contributed by atoms with Gasteiger partial charge in [0.05, 0.1) is 11.8 Å². The predicted molar refractivity (Wildman–Crippen MR) is 103 cm³/mol. The molecule has 1 atom stereocenters. The number of aryl methyl sites for hydroxylation is 2. The second kappa shape index (κ2) is 7.62. The van der Waals surface area contributed by atoms with Crippen molar-refractivity contribution in [1.29, 1.82) is 0 Å². The van der Waals surface area contributed by atoms with Gasteiger partial charge in [0.15, 0.2) is 11.5 Å². The molecule has 2 aromatic rings. The van der Waals surface area contributed by atoms with E-state index in [-0.39, 0.29) is 11.9 Å². The van der Waals surface area contributed by atoms with Crippen molar-refractivity contribution in [1.82, 2.24) is 5.32 Å². The van der Waals surface area contributed by atoms with Gasteiger partial charge in [-0.15, -0.1) is 11.8 Å². The Morgan fingerprint density at radius 1 is 1.08 bits per heavy atom. The lowest BCUT2D eigenvalue weighted by molar-refractivity contribution is -0.119. The lowest BCUT2D eigenvalue weighted by Crippen LogP contribution is -2.28. The van der Waals surface area contributed by atoms with Crippen molar-refractivity contribution in [2.24, 2.45) is 0 Å². The van der Waals surface area contributed by atoms with Crippen molar-refractivity contribution in [2.75, 3.05) is 19.0 Å². The van der Waals surface area contributed by atoms with E-state index in [9.17, 15) is 4.79 Å². The van der Waals surface area contributed by atoms with E-state index in [1.807, 2.05) is 25.1 Å². The Labute approximate surface area is 158 Å². The minimum Gasteiger partial charge on any atom is -0.486 e. The zero-order valence-electron chi connectivity index (χ0n) is 14.9. The molecule has 5 heteroatoms. The van der Waals surface area contributed by atoms with E-state index < -0.39 is 0 Å². The summed E-state index contributed by atoms with van der Waals surface area (Å²) in [6, 6.07) is 12.3. The van der Waals surface area contributed by atoms with Gasteiger partial charge in [-0.1, -0.05) is 12.1 Å². The van der Waals surface area contributed by atoms with Gasteiger partial charge in [-0.25, -0.2) is 0 Å². The first-order valence-corrected chi connectivity index (χ1v) is 10.1. The molecule has 1 N–H and O–H groups in total. The smallest absolute Gasteiger partial charge is 0.230 e. The topological polar surface area (TPSA) is 47.6 Å². The molecule has 2 aromatic carbocycles. The van der Waals surface area contributed by atoms with E-state index in [0.717, 1.165) is 23.5 Å². The molecule has 0 radical (unpaired) electrons. The molecule has 0 saturated heterocycles. The molecule has 0 aromatic heterocycles. The van der Waals surface area contributed by atoms with Gasteiger partial charge in [-0.2, -0.15) is 0 Å². The molecule has 0 spiro atoms. The van der Waals surface area contributed by atoms with Crippen molar-refractivity contribution in [2.45, 2.75) is 37.1 Å². The number of amides is 1. The molecule has 1 unspecified atom stereocenters. The second-order valence-corrected chi connectivity index (χ2v) is 7.81. The van der Waals surface area contributed by atoms with E-state index in [4.69, 9.17) is 9.47 Å². The molecule has 136 valence electrons. The fourth-order valence-electron chi connectivity index (χ4n) is 3.48. The van der Waals surface area contributed by atoms with Crippen LogP contribution < -0.4 is 14.8 Å². The largest absolute Gasteiger partial charge is 0.486 e.